The highest BCUT2D eigenvalue weighted by molar-refractivity contribution is 9.10. The predicted octanol–water partition coefficient (Wildman–Crippen LogP) is 2.72. The smallest absolute Gasteiger partial charge is 0.259 e. The summed E-state index contributed by atoms with van der Waals surface area (Å²) in [5, 5.41) is 7.40. The predicted molar refractivity (Wildman–Crippen MR) is 78.2 cm³/mol. The second kappa shape index (κ2) is 5.63. The van der Waals surface area contributed by atoms with Crippen LogP contribution >= 0.6 is 15.9 Å². The molecule has 0 amide bonds. The second-order valence-corrected chi connectivity index (χ2v) is 5.80. The average molecular weight is 338 g/mol. The SMILES string of the molecule is COC1(c2nc(-c3cccc(Br)c3)no2)CCNCC1. The molecule has 1 aromatic carbocycles. The number of nitrogens with one attached hydrogen (secondary N) is 1. The van der Waals surface area contributed by atoms with Crippen LogP contribution in [0.2, 0.25) is 0 Å². The van der Waals surface area contributed by atoms with Gasteiger partial charge in [-0.2, -0.15) is 4.98 Å². The van der Waals surface area contributed by atoms with E-state index in [1.54, 1.807) is 7.11 Å². The van der Waals surface area contributed by atoms with Gasteiger partial charge in [-0.1, -0.05) is 33.2 Å². The van der Waals surface area contributed by atoms with Crippen LogP contribution in [-0.4, -0.2) is 30.3 Å². The monoisotopic (exact) mass is 337 g/mol. The van der Waals surface area contributed by atoms with Crippen LogP contribution in [0.3, 0.4) is 0 Å². The maximum absolute atomic E-state index is 5.69. The molecule has 1 aliphatic heterocycles. The van der Waals surface area contributed by atoms with E-state index in [0.717, 1.165) is 36.0 Å². The van der Waals surface area contributed by atoms with Crippen molar-refractivity contribution >= 4 is 15.9 Å². The van der Waals surface area contributed by atoms with Gasteiger partial charge < -0.3 is 14.6 Å². The van der Waals surface area contributed by atoms with Gasteiger partial charge in [-0.15, -0.1) is 0 Å². The Balaban J connectivity index is 1.93. The molecule has 20 heavy (non-hydrogen) atoms. The lowest BCUT2D eigenvalue weighted by Gasteiger charge is -2.32. The Morgan fingerprint density at radius 2 is 2.15 bits per heavy atom. The molecule has 0 aliphatic carbocycles. The maximum atomic E-state index is 5.69. The summed E-state index contributed by atoms with van der Waals surface area (Å²) in [5.41, 5.74) is 0.470. The topological polar surface area (TPSA) is 60.2 Å². The van der Waals surface area contributed by atoms with E-state index >= 15 is 0 Å². The van der Waals surface area contributed by atoms with Gasteiger partial charge in [-0.05, 0) is 38.1 Å². The number of hydrogen-bond acceptors (Lipinski definition) is 5. The van der Waals surface area contributed by atoms with Crippen molar-refractivity contribution in [2.45, 2.75) is 18.4 Å². The fourth-order valence-electron chi connectivity index (χ4n) is 2.49. The molecular formula is C14H16BrN3O2. The standard InChI is InChI=1S/C14H16BrN3O2/c1-19-14(5-7-16-8-6-14)13-17-12(18-20-13)10-3-2-4-11(15)9-10/h2-4,9,16H,5-8H2,1H3. The van der Waals surface area contributed by atoms with Crippen LogP contribution in [0.4, 0.5) is 0 Å². The number of nitrogens with zero attached hydrogens (tertiary/aromatic N) is 2. The molecule has 3 rings (SSSR count). The van der Waals surface area contributed by atoms with Crippen molar-refractivity contribution in [1.82, 2.24) is 15.5 Å². The lowest BCUT2D eigenvalue weighted by molar-refractivity contribution is -0.0622. The Labute approximate surface area is 125 Å². The lowest BCUT2D eigenvalue weighted by Crippen LogP contribution is -2.41. The summed E-state index contributed by atoms with van der Waals surface area (Å²) in [6.45, 7) is 1.78. The highest BCUT2D eigenvalue weighted by Gasteiger charge is 2.39. The average Bonchev–Trinajstić information content (AvgIpc) is 2.98. The van der Waals surface area contributed by atoms with E-state index in [1.165, 1.54) is 0 Å². The molecule has 106 valence electrons. The molecule has 1 fully saturated rings. The minimum atomic E-state index is -0.456. The van der Waals surface area contributed by atoms with E-state index in [9.17, 15) is 0 Å². The van der Waals surface area contributed by atoms with E-state index in [-0.39, 0.29) is 0 Å². The Bertz CT molecular complexity index is 594. The van der Waals surface area contributed by atoms with Gasteiger partial charge in [0.2, 0.25) is 5.82 Å². The third-order valence-electron chi connectivity index (χ3n) is 3.70. The normalized spacial score (nSPS) is 18.1. The molecule has 1 aliphatic rings. The molecule has 0 spiro atoms. The van der Waals surface area contributed by atoms with E-state index in [1.807, 2.05) is 24.3 Å². The quantitative estimate of drug-likeness (QED) is 0.933. The van der Waals surface area contributed by atoms with E-state index in [2.05, 4.69) is 31.4 Å². The summed E-state index contributed by atoms with van der Waals surface area (Å²) in [4.78, 5) is 4.54. The van der Waals surface area contributed by atoms with Crippen molar-refractivity contribution in [3.8, 4) is 11.4 Å². The summed E-state index contributed by atoms with van der Waals surface area (Å²) in [6.07, 6.45) is 1.67. The molecule has 2 aromatic rings. The van der Waals surface area contributed by atoms with Crippen molar-refractivity contribution in [2.24, 2.45) is 0 Å². The summed E-state index contributed by atoms with van der Waals surface area (Å²) in [5.74, 6) is 1.16. The molecule has 1 aromatic heterocycles. The van der Waals surface area contributed by atoms with Gasteiger partial charge in [-0.25, -0.2) is 0 Å². The highest BCUT2D eigenvalue weighted by atomic mass is 79.9. The summed E-state index contributed by atoms with van der Waals surface area (Å²) >= 11 is 3.45. The summed E-state index contributed by atoms with van der Waals surface area (Å²) in [6, 6.07) is 7.85. The Morgan fingerprint density at radius 3 is 2.85 bits per heavy atom. The van der Waals surface area contributed by atoms with E-state index in [0.29, 0.717) is 11.7 Å². The van der Waals surface area contributed by atoms with Gasteiger partial charge in [-0.3, -0.25) is 0 Å². The van der Waals surface area contributed by atoms with Crippen LogP contribution in [-0.2, 0) is 10.3 Å². The third kappa shape index (κ3) is 2.51. The van der Waals surface area contributed by atoms with Crippen molar-refractivity contribution in [3.05, 3.63) is 34.6 Å². The van der Waals surface area contributed by atoms with Crippen molar-refractivity contribution in [2.75, 3.05) is 20.2 Å². The molecule has 0 unspecified atom stereocenters. The molecule has 0 saturated carbocycles. The first-order chi connectivity index (χ1) is 9.73. The molecule has 0 atom stereocenters. The first kappa shape index (κ1) is 13.7. The summed E-state index contributed by atoms with van der Waals surface area (Å²) in [7, 11) is 1.70. The number of halogens is 1. The minimum absolute atomic E-state index is 0.456. The largest absolute Gasteiger partial charge is 0.368 e. The molecule has 0 radical (unpaired) electrons. The number of hydrogen-bond donors (Lipinski definition) is 1. The number of aromatic nitrogens is 2. The Hall–Kier alpha value is -1.24. The number of piperidine rings is 1. The van der Waals surface area contributed by atoms with Gasteiger partial charge >= 0.3 is 0 Å². The van der Waals surface area contributed by atoms with Gasteiger partial charge in [0.1, 0.15) is 5.60 Å². The van der Waals surface area contributed by atoms with Crippen molar-refractivity contribution in [1.29, 1.82) is 0 Å². The minimum Gasteiger partial charge on any atom is -0.368 e. The van der Waals surface area contributed by atoms with E-state index < -0.39 is 5.60 Å². The molecule has 0 bridgehead atoms. The molecule has 1 N–H and O–H groups in total. The van der Waals surface area contributed by atoms with Crippen LogP contribution in [0.25, 0.3) is 11.4 Å². The fraction of sp³-hybridized carbons (Fsp3) is 0.429. The Morgan fingerprint density at radius 1 is 1.35 bits per heavy atom. The molecular weight excluding hydrogens is 322 g/mol. The second-order valence-electron chi connectivity index (χ2n) is 4.88. The molecule has 6 heteroatoms. The lowest BCUT2D eigenvalue weighted by atomic mass is 9.92. The van der Waals surface area contributed by atoms with Crippen LogP contribution in [0.1, 0.15) is 18.7 Å². The summed E-state index contributed by atoms with van der Waals surface area (Å²) < 4.78 is 12.1. The number of benzene rings is 1. The van der Waals surface area contributed by atoms with Gasteiger partial charge in [0.05, 0.1) is 0 Å². The van der Waals surface area contributed by atoms with Gasteiger partial charge in [0.25, 0.3) is 5.89 Å². The fourth-order valence-corrected chi connectivity index (χ4v) is 2.89. The van der Waals surface area contributed by atoms with Crippen LogP contribution in [0.15, 0.2) is 33.3 Å². The number of methoxy groups -OCH3 is 1. The third-order valence-corrected chi connectivity index (χ3v) is 4.19. The highest BCUT2D eigenvalue weighted by Crippen LogP contribution is 2.34. The Kier molecular flexibility index (Phi) is 3.87. The van der Waals surface area contributed by atoms with Crippen LogP contribution < -0.4 is 5.32 Å². The number of rotatable bonds is 3. The van der Waals surface area contributed by atoms with Crippen LogP contribution in [0.5, 0.6) is 0 Å². The molecule has 1 saturated heterocycles. The first-order valence-corrected chi connectivity index (χ1v) is 7.39. The van der Waals surface area contributed by atoms with Gasteiger partial charge in [0, 0.05) is 17.1 Å². The maximum Gasteiger partial charge on any atom is 0.259 e. The zero-order chi connectivity index (χ0) is 14.0. The van der Waals surface area contributed by atoms with Crippen molar-refractivity contribution < 1.29 is 9.26 Å². The zero-order valence-electron chi connectivity index (χ0n) is 11.2. The number of ether oxygens (including phenoxy) is 1. The van der Waals surface area contributed by atoms with Gasteiger partial charge in [0.15, 0.2) is 0 Å². The molecule has 2 heterocycles. The van der Waals surface area contributed by atoms with E-state index in [4.69, 9.17) is 9.26 Å². The van der Waals surface area contributed by atoms with Crippen molar-refractivity contribution in [3.63, 3.8) is 0 Å². The van der Waals surface area contributed by atoms with Crippen LogP contribution in [0, 0.1) is 0 Å². The first-order valence-electron chi connectivity index (χ1n) is 6.59. The molecule has 5 nitrogen and oxygen atoms in total. The zero-order valence-corrected chi connectivity index (χ0v) is 12.8.